The van der Waals surface area contributed by atoms with E-state index in [1.54, 1.807) is 0 Å². The quantitative estimate of drug-likeness (QED) is 0.788. The van der Waals surface area contributed by atoms with Crippen molar-refractivity contribution in [1.29, 1.82) is 0 Å². The van der Waals surface area contributed by atoms with E-state index in [9.17, 15) is 0 Å². The Bertz CT molecular complexity index is 314. The number of rotatable bonds is 5. The van der Waals surface area contributed by atoms with E-state index in [-0.39, 0.29) is 0 Å². The van der Waals surface area contributed by atoms with Crippen molar-refractivity contribution in [2.75, 3.05) is 20.2 Å². The normalized spacial score (nSPS) is 17.0. The standard InChI is InChI=1S/C15H23NO/c1-16-11-12-17-15-9-7-14(8-10-15)13-5-3-2-4-6-13/h7-10,13,16H,2-6,11-12H2,1H3. The van der Waals surface area contributed by atoms with Crippen molar-refractivity contribution >= 4 is 0 Å². The van der Waals surface area contributed by atoms with Gasteiger partial charge in [-0.25, -0.2) is 0 Å². The van der Waals surface area contributed by atoms with Crippen LogP contribution in [0.25, 0.3) is 0 Å². The van der Waals surface area contributed by atoms with Crippen LogP contribution in [0, 0.1) is 0 Å². The predicted octanol–water partition coefficient (Wildman–Crippen LogP) is 3.33. The summed E-state index contributed by atoms with van der Waals surface area (Å²) < 4.78 is 5.63. The van der Waals surface area contributed by atoms with Gasteiger partial charge in [0, 0.05) is 6.54 Å². The molecule has 94 valence electrons. The number of ether oxygens (including phenoxy) is 1. The van der Waals surface area contributed by atoms with Gasteiger partial charge in [0.2, 0.25) is 0 Å². The monoisotopic (exact) mass is 233 g/mol. The molecule has 1 saturated carbocycles. The Morgan fingerprint density at radius 3 is 2.47 bits per heavy atom. The molecule has 0 spiro atoms. The van der Waals surface area contributed by atoms with Crippen molar-refractivity contribution in [2.45, 2.75) is 38.0 Å². The first-order chi connectivity index (χ1) is 8.40. The molecule has 2 nitrogen and oxygen atoms in total. The van der Waals surface area contributed by atoms with Crippen molar-refractivity contribution in [3.8, 4) is 5.75 Å². The molecule has 1 aromatic rings. The van der Waals surface area contributed by atoms with Crippen LogP contribution >= 0.6 is 0 Å². The maximum atomic E-state index is 5.63. The number of benzene rings is 1. The van der Waals surface area contributed by atoms with Crippen LogP contribution in [0.1, 0.15) is 43.6 Å². The van der Waals surface area contributed by atoms with Gasteiger partial charge in [-0.15, -0.1) is 0 Å². The fraction of sp³-hybridized carbons (Fsp3) is 0.600. The summed E-state index contributed by atoms with van der Waals surface area (Å²) in [5.74, 6) is 1.77. The summed E-state index contributed by atoms with van der Waals surface area (Å²) >= 11 is 0. The first kappa shape index (κ1) is 12.4. The summed E-state index contributed by atoms with van der Waals surface area (Å²) in [6.07, 6.45) is 6.93. The lowest BCUT2D eigenvalue weighted by atomic mass is 9.84. The minimum atomic E-state index is 0.735. The SMILES string of the molecule is CNCCOc1ccc(C2CCCCC2)cc1. The largest absolute Gasteiger partial charge is 0.492 e. The van der Waals surface area contributed by atoms with Gasteiger partial charge in [0.15, 0.2) is 0 Å². The number of hydrogen-bond donors (Lipinski definition) is 1. The molecular formula is C15H23NO. The van der Waals surface area contributed by atoms with E-state index >= 15 is 0 Å². The molecule has 1 N–H and O–H groups in total. The second-order valence-electron chi connectivity index (χ2n) is 4.86. The average molecular weight is 233 g/mol. The van der Waals surface area contributed by atoms with Crippen molar-refractivity contribution in [3.63, 3.8) is 0 Å². The van der Waals surface area contributed by atoms with Crippen molar-refractivity contribution in [2.24, 2.45) is 0 Å². The van der Waals surface area contributed by atoms with Crippen LogP contribution in [0.15, 0.2) is 24.3 Å². The molecule has 1 aliphatic rings. The molecule has 0 aliphatic heterocycles. The molecule has 0 atom stereocenters. The Kier molecular flexibility index (Phi) is 4.87. The van der Waals surface area contributed by atoms with Gasteiger partial charge in [0.1, 0.15) is 12.4 Å². The molecule has 0 amide bonds. The van der Waals surface area contributed by atoms with Crippen LogP contribution < -0.4 is 10.1 Å². The highest BCUT2D eigenvalue weighted by Gasteiger charge is 2.14. The molecule has 0 bridgehead atoms. The Labute approximate surface area is 104 Å². The van der Waals surface area contributed by atoms with Crippen LogP contribution in [0.2, 0.25) is 0 Å². The molecule has 0 radical (unpaired) electrons. The molecule has 2 rings (SSSR count). The molecule has 0 heterocycles. The van der Waals surface area contributed by atoms with Gasteiger partial charge >= 0.3 is 0 Å². The minimum absolute atomic E-state index is 0.735. The topological polar surface area (TPSA) is 21.3 Å². The summed E-state index contributed by atoms with van der Waals surface area (Å²) in [4.78, 5) is 0. The second kappa shape index (κ2) is 6.65. The molecule has 17 heavy (non-hydrogen) atoms. The lowest BCUT2D eigenvalue weighted by Crippen LogP contribution is -2.15. The van der Waals surface area contributed by atoms with E-state index in [1.807, 2.05) is 7.05 Å². The zero-order chi connectivity index (χ0) is 11.9. The molecular weight excluding hydrogens is 210 g/mol. The molecule has 0 unspecified atom stereocenters. The Hall–Kier alpha value is -1.02. The van der Waals surface area contributed by atoms with Crippen LogP contribution in [-0.2, 0) is 0 Å². The summed E-state index contributed by atoms with van der Waals surface area (Å²) in [7, 11) is 1.94. The van der Waals surface area contributed by atoms with E-state index in [2.05, 4.69) is 29.6 Å². The highest BCUT2D eigenvalue weighted by Crippen LogP contribution is 2.33. The highest BCUT2D eigenvalue weighted by molar-refractivity contribution is 5.29. The van der Waals surface area contributed by atoms with Crippen LogP contribution in [-0.4, -0.2) is 20.2 Å². The van der Waals surface area contributed by atoms with Gasteiger partial charge < -0.3 is 10.1 Å². The molecule has 0 aromatic heterocycles. The van der Waals surface area contributed by atoms with Crippen molar-refractivity contribution < 1.29 is 4.74 Å². The zero-order valence-corrected chi connectivity index (χ0v) is 10.7. The van der Waals surface area contributed by atoms with E-state index < -0.39 is 0 Å². The highest BCUT2D eigenvalue weighted by atomic mass is 16.5. The summed E-state index contributed by atoms with van der Waals surface area (Å²) in [6, 6.07) is 8.70. The van der Waals surface area contributed by atoms with Crippen LogP contribution in [0.4, 0.5) is 0 Å². The van der Waals surface area contributed by atoms with Crippen molar-refractivity contribution in [1.82, 2.24) is 5.32 Å². The third-order valence-corrected chi connectivity index (χ3v) is 3.58. The van der Waals surface area contributed by atoms with Crippen LogP contribution in [0.5, 0.6) is 5.75 Å². The number of hydrogen-bond acceptors (Lipinski definition) is 2. The third kappa shape index (κ3) is 3.74. The van der Waals surface area contributed by atoms with Gasteiger partial charge in [0.05, 0.1) is 0 Å². The number of likely N-dealkylation sites (N-methyl/N-ethyl adjacent to an activating group) is 1. The van der Waals surface area contributed by atoms with Crippen LogP contribution in [0.3, 0.4) is 0 Å². The third-order valence-electron chi connectivity index (χ3n) is 3.58. The fourth-order valence-electron chi connectivity index (χ4n) is 2.54. The Balaban J connectivity index is 1.88. The van der Waals surface area contributed by atoms with E-state index in [4.69, 9.17) is 4.74 Å². The predicted molar refractivity (Wildman–Crippen MR) is 71.7 cm³/mol. The molecule has 1 aliphatic carbocycles. The average Bonchev–Trinajstić information content (AvgIpc) is 2.41. The zero-order valence-electron chi connectivity index (χ0n) is 10.7. The number of nitrogens with one attached hydrogen (secondary N) is 1. The second-order valence-corrected chi connectivity index (χ2v) is 4.86. The molecule has 1 fully saturated rings. The Morgan fingerprint density at radius 1 is 1.12 bits per heavy atom. The summed E-state index contributed by atoms with van der Waals surface area (Å²) in [5.41, 5.74) is 1.49. The lowest BCUT2D eigenvalue weighted by Gasteiger charge is -2.22. The van der Waals surface area contributed by atoms with E-state index in [0.29, 0.717) is 0 Å². The molecule has 0 saturated heterocycles. The smallest absolute Gasteiger partial charge is 0.119 e. The fourth-order valence-corrected chi connectivity index (χ4v) is 2.54. The molecule has 2 heteroatoms. The van der Waals surface area contributed by atoms with E-state index in [1.165, 1.54) is 37.7 Å². The van der Waals surface area contributed by atoms with Crippen molar-refractivity contribution in [3.05, 3.63) is 29.8 Å². The van der Waals surface area contributed by atoms with E-state index in [0.717, 1.165) is 24.8 Å². The van der Waals surface area contributed by atoms with Gasteiger partial charge in [-0.1, -0.05) is 31.4 Å². The summed E-state index contributed by atoms with van der Waals surface area (Å²) in [5, 5.41) is 3.08. The summed E-state index contributed by atoms with van der Waals surface area (Å²) in [6.45, 7) is 1.63. The van der Waals surface area contributed by atoms with Gasteiger partial charge in [-0.2, -0.15) is 0 Å². The minimum Gasteiger partial charge on any atom is -0.492 e. The Morgan fingerprint density at radius 2 is 1.82 bits per heavy atom. The lowest BCUT2D eigenvalue weighted by molar-refractivity contribution is 0.318. The first-order valence-electron chi connectivity index (χ1n) is 6.77. The maximum Gasteiger partial charge on any atom is 0.119 e. The van der Waals surface area contributed by atoms with Gasteiger partial charge in [-0.05, 0) is 43.5 Å². The van der Waals surface area contributed by atoms with Gasteiger partial charge in [0.25, 0.3) is 0 Å². The van der Waals surface area contributed by atoms with Gasteiger partial charge in [-0.3, -0.25) is 0 Å². The molecule has 1 aromatic carbocycles. The first-order valence-corrected chi connectivity index (χ1v) is 6.77. The maximum absolute atomic E-state index is 5.63.